The van der Waals surface area contributed by atoms with Crippen LogP contribution in [-0.4, -0.2) is 16.3 Å². The van der Waals surface area contributed by atoms with Crippen LogP contribution in [0.4, 0.5) is 9.18 Å². The van der Waals surface area contributed by atoms with Gasteiger partial charge in [0.05, 0.1) is 5.56 Å². The van der Waals surface area contributed by atoms with E-state index in [2.05, 4.69) is 10.2 Å². The van der Waals surface area contributed by atoms with E-state index in [1.807, 2.05) is 24.3 Å². The standard InChI is InChI=1S/C20H15FN4O2S/c21-16-8-7-11(9-12(16)10-22)18-24-25-19(28-18)15-5-1-4-14-13(15)3-2-6-17(14)27-20(23)26/h1,4-5,7-9,17H,2-3,6H2,(H2,23,26). The van der Waals surface area contributed by atoms with Gasteiger partial charge in [-0.05, 0) is 48.6 Å². The van der Waals surface area contributed by atoms with Crippen molar-refractivity contribution in [3.05, 3.63) is 58.9 Å². The van der Waals surface area contributed by atoms with E-state index >= 15 is 0 Å². The number of nitrogens with two attached hydrogens (primary N) is 1. The lowest BCUT2D eigenvalue weighted by Gasteiger charge is -2.26. The smallest absolute Gasteiger partial charge is 0.405 e. The largest absolute Gasteiger partial charge is 0.442 e. The molecule has 3 aromatic rings. The molecule has 2 aromatic carbocycles. The Morgan fingerprint density at radius 2 is 2.11 bits per heavy atom. The quantitative estimate of drug-likeness (QED) is 0.711. The Morgan fingerprint density at radius 1 is 1.29 bits per heavy atom. The van der Waals surface area contributed by atoms with Gasteiger partial charge in [0.25, 0.3) is 0 Å². The van der Waals surface area contributed by atoms with Crippen LogP contribution in [0.1, 0.15) is 35.6 Å². The average Bonchev–Trinajstić information content (AvgIpc) is 3.18. The molecule has 140 valence electrons. The summed E-state index contributed by atoms with van der Waals surface area (Å²) in [5.74, 6) is -0.561. The summed E-state index contributed by atoms with van der Waals surface area (Å²) in [4.78, 5) is 11.2. The number of hydrogen-bond acceptors (Lipinski definition) is 6. The maximum atomic E-state index is 13.6. The summed E-state index contributed by atoms with van der Waals surface area (Å²) >= 11 is 1.37. The molecule has 1 heterocycles. The zero-order valence-electron chi connectivity index (χ0n) is 14.7. The van der Waals surface area contributed by atoms with Gasteiger partial charge in [-0.3, -0.25) is 0 Å². The lowest BCUT2D eigenvalue weighted by Crippen LogP contribution is -2.21. The molecule has 1 atom stereocenters. The molecule has 4 rings (SSSR count). The number of carbonyl (C=O) groups is 1. The number of nitriles is 1. The van der Waals surface area contributed by atoms with Crippen molar-refractivity contribution in [1.82, 2.24) is 10.2 Å². The summed E-state index contributed by atoms with van der Waals surface area (Å²) in [6.07, 6.45) is 1.30. The van der Waals surface area contributed by atoms with Crippen LogP contribution >= 0.6 is 11.3 Å². The van der Waals surface area contributed by atoms with Gasteiger partial charge in [-0.2, -0.15) is 5.26 Å². The molecule has 2 N–H and O–H groups in total. The number of halogens is 1. The number of fused-ring (bicyclic) bond motifs is 1. The molecule has 1 amide bonds. The fourth-order valence-electron chi connectivity index (χ4n) is 3.46. The highest BCUT2D eigenvalue weighted by molar-refractivity contribution is 7.17. The highest BCUT2D eigenvalue weighted by Gasteiger charge is 2.26. The number of nitrogens with zero attached hydrogens (tertiary/aromatic N) is 3. The van der Waals surface area contributed by atoms with Crippen LogP contribution in [0.25, 0.3) is 21.1 Å². The molecule has 0 saturated heterocycles. The summed E-state index contributed by atoms with van der Waals surface area (Å²) in [6.45, 7) is 0. The first-order valence-corrected chi connectivity index (χ1v) is 9.50. The van der Waals surface area contributed by atoms with Crippen LogP contribution < -0.4 is 5.73 Å². The van der Waals surface area contributed by atoms with Crippen molar-refractivity contribution in [2.75, 3.05) is 0 Å². The molecule has 0 bridgehead atoms. The molecule has 1 aliphatic carbocycles. The van der Waals surface area contributed by atoms with E-state index in [-0.39, 0.29) is 11.7 Å². The Hall–Kier alpha value is -3.31. The zero-order chi connectivity index (χ0) is 19.7. The lowest BCUT2D eigenvalue weighted by atomic mass is 9.86. The molecular weight excluding hydrogens is 379 g/mol. The van der Waals surface area contributed by atoms with Crippen LogP contribution in [0.5, 0.6) is 0 Å². The molecule has 1 aromatic heterocycles. The molecule has 0 aliphatic heterocycles. The second-order valence-corrected chi connectivity index (χ2v) is 7.39. The minimum absolute atomic E-state index is 0.0298. The zero-order valence-corrected chi connectivity index (χ0v) is 15.5. The summed E-state index contributed by atoms with van der Waals surface area (Å²) in [5, 5.41) is 18.9. The fourth-order valence-corrected chi connectivity index (χ4v) is 4.35. The van der Waals surface area contributed by atoms with Crippen molar-refractivity contribution in [1.29, 1.82) is 5.26 Å². The number of rotatable bonds is 3. The summed E-state index contributed by atoms with van der Waals surface area (Å²) in [6, 6.07) is 11.9. The Bertz CT molecular complexity index is 1110. The number of ether oxygens (including phenoxy) is 1. The van der Waals surface area contributed by atoms with E-state index in [9.17, 15) is 9.18 Å². The van der Waals surface area contributed by atoms with Gasteiger partial charge in [-0.15, -0.1) is 10.2 Å². The van der Waals surface area contributed by atoms with Gasteiger partial charge in [0.2, 0.25) is 0 Å². The van der Waals surface area contributed by atoms with E-state index in [0.717, 1.165) is 41.0 Å². The van der Waals surface area contributed by atoms with Gasteiger partial charge in [0.1, 0.15) is 28.0 Å². The number of primary amides is 1. The van der Waals surface area contributed by atoms with Crippen LogP contribution in [0.3, 0.4) is 0 Å². The first-order valence-electron chi connectivity index (χ1n) is 8.68. The number of benzene rings is 2. The number of amides is 1. The Kier molecular flexibility index (Phi) is 4.75. The van der Waals surface area contributed by atoms with E-state index in [1.165, 1.54) is 23.5 Å². The molecular formula is C20H15FN4O2S. The molecule has 0 fully saturated rings. The van der Waals surface area contributed by atoms with Gasteiger partial charge in [-0.25, -0.2) is 9.18 Å². The van der Waals surface area contributed by atoms with Crippen LogP contribution in [0.2, 0.25) is 0 Å². The molecule has 0 radical (unpaired) electrons. The normalized spacial score (nSPS) is 15.5. The Labute approximate surface area is 164 Å². The van der Waals surface area contributed by atoms with Crippen molar-refractivity contribution in [3.8, 4) is 27.2 Å². The van der Waals surface area contributed by atoms with E-state index < -0.39 is 11.9 Å². The Balaban J connectivity index is 1.72. The van der Waals surface area contributed by atoms with Crippen LogP contribution in [0, 0.1) is 17.1 Å². The molecule has 28 heavy (non-hydrogen) atoms. The average molecular weight is 394 g/mol. The van der Waals surface area contributed by atoms with Crippen LogP contribution in [0.15, 0.2) is 36.4 Å². The third kappa shape index (κ3) is 3.32. The predicted octanol–water partition coefficient (Wildman–Crippen LogP) is 4.36. The van der Waals surface area contributed by atoms with E-state index in [4.69, 9.17) is 15.7 Å². The Morgan fingerprint density at radius 3 is 2.89 bits per heavy atom. The number of aromatic nitrogens is 2. The second kappa shape index (κ2) is 7.37. The van der Waals surface area contributed by atoms with Crippen molar-refractivity contribution in [2.45, 2.75) is 25.4 Å². The van der Waals surface area contributed by atoms with Gasteiger partial charge in [-0.1, -0.05) is 29.5 Å². The number of hydrogen-bond donors (Lipinski definition) is 1. The third-order valence-corrected chi connectivity index (χ3v) is 5.71. The second-order valence-electron chi connectivity index (χ2n) is 6.41. The highest BCUT2D eigenvalue weighted by atomic mass is 32.1. The molecule has 0 spiro atoms. The first-order chi connectivity index (χ1) is 13.6. The summed E-state index contributed by atoms with van der Waals surface area (Å²) in [7, 11) is 0. The maximum absolute atomic E-state index is 13.6. The van der Waals surface area contributed by atoms with Crippen molar-refractivity contribution >= 4 is 17.4 Å². The number of carbonyl (C=O) groups excluding carboxylic acids is 1. The molecule has 1 aliphatic rings. The van der Waals surface area contributed by atoms with Crippen molar-refractivity contribution < 1.29 is 13.9 Å². The van der Waals surface area contributed by atoms with Gasteiger partial charge < -0.3 is 10.5 Å². The molecule has 6 nitrogen and oxygen atoms in total. The lowest BCUT2D eigenvalue weighted by molar-refractivity contribution is 0.0959. The SMILES string of the molecule is N#Cc1cc(-c2nnc(-c3cccc4c3CCCC4OC(N)=O)s2)ccc1F. The van der Waals surface area contributed by atoms with Gasteiger partial charge in [0, 0.05) is 11.1 Å². The van der Waals surface area contributed by atoms with Crippen LogP contribution in [-0.2, 0) is 11.2 Å². The van der Waals surface area contributed by atoms with E-state index in [0.29, 0.717) is 10.6 Å². The van der Waals surface area contributed by atoms with Gasteiger partial charge in [0.15, 0.2) is 0 Å². The van der Waals surface area contributed by atoms with Crippen molar-refractivity contribution in [3.63, 3.8) is 0 Å². The molecule has 1 unspecified atom stereocenters. The van der Waals surface area contributed by atoms with Gasteiger partial charge >= 0.3 is 6.09 Å². The summed E-state index contributed by atoms with van der Waals surface area (Å²) in [5.41, 5.74) is 8.75. The first kappa shape index (κ1) is 18.1. The predicted molar refractivity (Wildman–Crippen MR) is 102 cm³/mol. The third-order valence-electron chi connectivity index (χ3n) is 4.70. The van der Waals surface area contributed by atoms with Crippen molar-refractivity contribution in [2.24, 2.45) is 5.73 Å². The van der Waals surface area contributed by atoms with E-state index in [1.54, 1.807) is 6.07 Å². The summed E-state index contributed by atoms with van der Waals surface area (Å²) < 4.78 is 18.8. The minimum atomic E-state index is -0.786. The topological polar surface area (TPSA) is 102 Å². The molecule has 0 saturated carbocycles. The highest BCUT2D eigenvalue weighted by Crippen LogP contribution is 2.40. The monoisotopic (exact) mass is 394 g/mol. The maximum Gasteiger partial charge on any atom is 0.405 e. The molecule has 8 heteroatoms. The fraction of sp³-hybridized carbons (Fsp3) is 0.200. The minimum Gasteiger partial charge on any atom is -0.442 e.